The molecule has 0 aromatic carbocycles. The largest absolute Gasteiger partial charge is 0.437 e. The number of aryl methyl sites for hydroxylation is 1. The van der Waals surface area contributed by atoms with Crippen molar-refractivity contribution in [1.29, 1.82) is 0 Å². The maximum Gasteiger partial charge on any atom is 0.213 e. The Balaban J connectivity index is 2.23. The van der Waals surface area contributed by atoms with Gasteiger partial charge in [0.1, 0.15) is 0 Å². The van der Waals surface area contributed by atoms with Crippen molar-refractivity contribution >= 4 is 5.78 Å². The van der Waals surface area contributed by atoms with E-state index in [1.807, 2.05) is 0 Å². The molecule has 0 amide bonds. The number of nitrogens with zero attached hydrogens (tertiary/aromatic N) is 1. The summed E-state index contributed by atoms with van der Waals surface area (Å²) in [5, 5.41) is 3.23. The van der Waals surface area contributed by atoms with Crippen LogP contribution in [-0.4, -0.2) is 30.4 Å². The van der Waals surface area contributed by atoms with Gasteiger partial charge in [-0.05, 0) is 19.9 Å². The summed E-state index contributed by atoms with van der Waals surface area (Å²) < 4.78 is 5.47. The molecule has 3 N–H and O–H groups in total. The van der Waals surface area contributed by atoms with E-state index >= 15 is 0 Å². The number of nitrogens with one attached hydrogen (secondary N) is 1. The minimum Gasteiger partial charge on any atom is -0.437 e. The lowest BCUT2D eigenvalue weighted by molar-refractivity contribution is 0.0972. The van der Waals surface area contributed by atoms with Crippen LogP contribution in [0.2, 0.25) is 0 Å². The van der Waals surface area contributed by atoms with Crippen LogP contribution >= 0.6 is 0 Å². The Morgan fingerprint density at radius 2 is 2.53 bits per heavy atom. The average molecular weight is 209 g/mol. The molecule has 5 heteroatoms. The van der Waals surface area contributed by atoms with Crippen LogP contribution in [0.25, 0.3) is 0 Å². The van der Waals surface area contributed by atoms with Crippen LogP contribution in [0.1, 0.15) is 34.5 Å². The number of hydrogen-bond acceptors (Lipinski definition) is 5. The van der Waals surface area contributed by atoms with Crippen molar-refractivity contribution < 1.29 is 9.21 Å². The number of Topliss-reactive ketones (excluding diaryl/α,β-unsaturated/α-hetero) is 1. The van der Waals surface area contributed by atoms with Crippen LogP contribution < -0.4 is 11.1 Å². The normalized spacial score (nSPS) is 20.8. The molecule has 0 bridgehead atoms. The van der Waals surface area contributed by atoms with Gasteiger partial charge in [-0.2, -0.15) is 0 Å². The maximum atomic E-state index is 11.4. The van der Waals surface area contributed by atoms with E-state index in [1.54, 1.807) is 6.92 Å². The van der Waals surface area contributed by atoms with Crippen LogP contribution in [0.5, 0.6) is 0 Å². The van der Waals surface area contributed by atoms with Gasteiger partial charge in [-0.3, -0.25) is 4.79 Å². The van der Waals surface area contributed by atoms with Gasteiger partial charge in [-0.25, -0.2) is 4.98 Å². The molecule has 1 aromatic heterocycles. The number of carbonyl (C=O) groups excluding carboxylic acids is 1. The molecule has 1 atom stereocenters. The van der Waals surface area contributed by atoms with Gasteiger partial charge in [0.25, 0.3) is 0 Å². The summed E-state index contributed by atoms with van der Waals surface area (Å²) >= 11 is 0. The minimum atomic E-state index is -0.183. The molecule has 5 nitrogen and oxygen atoms in total. The van der Waals surface area contributed by atoms with Gasteiger partial charge < -0.3 is 15.5 Å². The second-order valence-corrected chi connectivity index (χ2v) is 3.78. The molecule has 1 aliphatic heterocycles. The molecule has 1 aromatic rings. The highest BCUT2D eigenvalue weighted by atomic mass is 16.4. The standard InChI is InChI=1S/C10H15N3O2/c1-6-9(8(14)4-11)15-10(13-6)7-2-3-12-5-7/h7,12H,2-5,11H2,1H3. The van der Waals surface area contributed by atoms with E-state index in [-0.39, 0.29) is 12.3 Å². The third kappa shape index (κ3) is 1.93. The van der Waals surface area contributed by atoms with E-state index in [0.29, 0.717) is 23.3 Å². The Morgan fingerprint density at radius 1 is 1.73 bits per heavy atom. The summed E-state index contributed by atoms with van der Waals surface area (Å²) in [7, 11) is 0. The van der Waals surface area contributed by atoms with E-state index in [9.17, 15) is 4.79 Å². The zero-order valence-electron chi connectivity index (χ0n) is 8.75. The number of aromatic nitrogens is 1. The van der Waals surface area contributed by atoms with E-state index < -0.39 is 0 Å². The SMILES string of the molecule is Cc1nc(C2CCNC2)oc1C(=O)CN. The van der Waals surface area contributed by atoms with Gasteiger partial charge in [-0.15, -0.1) is 0 Å². The zero-order valence-corrected chi connectivity index (χ0v) is 8.75. The van der Waals surface area contributed by atoms with Crippen molar-refractivity contribution in [3.8, 4) is 0 Å². The molecule has 1 unspecified atom stereocenters. The molecule has 2 heterocycles. The molecule has 1 saturated heterocycles. The van der Waals surface area contributed by atoms with Gasteiger partial charge in [0, 0.05) is 12.5 Å². The summed E-state index contributed by atoms with van der Waals surface area (Å²) in [5.41, 5.74) is 5.93. The predicted octanol–water partition coefficient (Wildman–Crippen LogP) is 0.201. The van der Waals surface area contributed by atoms with Crippen molar-refractivity contribution in [2.45, 2.75) is 19.3 Å². The third-order valence-corrected chi connectivity index (χ3v) is 2.66. The van der Waals surface area contributed by atoms with Crippen molar-refractivity contribution in [2.75, 3.05) is 19.6 Å². The number of nitrogens with two attached hydrogens (primary N) is 1. The first-order chi connectivity index (χ1) is 7.22. The first-order valence-corrected chi connectivity index (χ1v) is 5.13. The summed E-state index contributed by atoms with van der Waals surface area (Å²) in [4.78, 5) is 15.7. The average Bonchev–Trinajstić information content (AvgIpc) is 2.84. The molecule has 1 fully saturated rings. The Labute approximate surface area is 88.0 Å². The van der Waals surface area contributed by atoms with Crippen LogP contribution in [-0.2, 0) is 0 Å². The molecule has 1 aliphatic rings. The second kappa shape index (κ2) is 4.12. The van der Waals surface area contributed by atoms with Crippen molar-refractivity contribution in [1.82, 2.24) is 10.3 Å². The van der Waals surface area contributed by atoms with E-state index in [1.165, 1.54) is 0 Å². The molecule has 0 saturated carbocycles. The fourth-order valence-electron chi connectivity index (χ4n) is 1.81. The highest BCUT2D eigenvalue weighted by Crippen LogP contribution is 2.23. The number of rotatable bonds is 3. The van der Waals surface area contributed by atoms with Gasteiger partial charge in [0.15, 0.2) is 11.7 Å². The Morgan fingerprint density at radius 3 is 3.13 bits per heavy atom. The number of carbonyl (C=O) groups is 1. The van der Waals surface area contributed by atoms with E-state index in [2.05, 4.69) is 10.3 Å². The smallest absolute Gasteiger partial charge is 0.213 e. The second-order valence-electron chi connectivity index (χ2n) is 3.78. The van der Waals surface area contributed by atoms with Gasteiger partial charge in [0.05, 0.1) is 12.2 Å². The molecule has 0 radical (unpaired) electrons. The summed E-state index contributed by atoms with van der Waals surface area (Å²) in [5.74, 6) is 1.09. The van der Waals surface area contributed by atoms with Gasteiger partial charge >= 0.3 is 0 Å². The monoisotopic (exact) mass is 209 g/mol. The predicted molar refractivity (Wildman–Crippen MR) is 54.9 cm³/mol. The van der Waals surface area contributed by atoms with Crippen molar-refractivity contribution in [2.24, 2.45) is 5.73 Å². The first kappa shape index (κ1) is 10.3. The zero-order chi connectivity index (χ0) is 10.8. The first-order valence-electron chi connectivity index (χ1n) is 5.13. The van der Waals surface area contributed by atoms with Crippen molar-refractivity contribution in [3.63, 3.8) is 0 Å². The summed E-state index contributed by atoms with van der Waals surface area (Å²) in [6, 6.07) is 0. The lowest BCUT2D eigenvalue weighted by Crippen LogP contribution is -2.13. The lowest BCUT2D eigenvalue weighted by Gasteiger charge is -2.00. The molecule has 0 aliphatic carbocycles. The fourth-order valence-corrected chi connectivity index (χ4v) is 1.81. The molecule has 82 valence electrons. The quantitative estimate of drug-likeness (QED) is 0.695. The molecule has 0 spiro atoms. The summed E-state index contributed by atoms with van der Waals surface area (Å²) in [6.45, 7) is 3.60. The van der Waals surface area contributed by atoms with E-state index in [4.69, 9.17) is 10.2 Å². The Bertz CT molecular complexity index is 367. The van der Waals surface area contributed by atoms with Crippen molar-refractivity contribution in [3.05, 3.63) is 17.3 Å². The Hall–Kier alpha value is -1.20. The van der Waals surface area contributed by atoms with Crippen LogP contribution in [0, 0.1) is 6.92 Å². The molecule has 15 heavy (non-hydrogen) atoms. The van der Waals surface area contributed by atoms with Crippen LogP contribution in [0.4, 0.5) is 0 Å². The minimum absolute atomic E-state index is 0.0294. The van der Waals surface area contributed by atoms with Gasteiger partial charge in [0.2, 0.25) is 5.78 Å². The highest BCUT2D eigenvalue weighted by Gasteiger charge is 2.24. The third-order valence-electron chi connectivity index (χ3n) is 2.66. The number of hydrogen-bond donors (Lipinski definition) is 2. The van der Waals surface area contributed by atoms with Crippen LogP contribution in [0.15, 0.2) is 4.42 Å². The van der Waals surface area contributed by atoms with Gasteiger partial charge in [-0.1, -0.05) is 0 Å². The number of oxazole rings is 1. The highest BCUT2D eigenvalue weighted by molar-refractivity contribution is 5.95. The topological polar surface area (TPSA) is 81.2 Å². The molecular weight excluding hydrogens is 194 g/mol. The molecule has 2 rings (SSSR count). The van der Waals surface area contributed by atoms with Crippen LogP contribution in [0.3, 0.4) is 0 Å². The number of ketones is 1. The molecular formula is C10H15N3O2. The maximum absolute atomic E-state index is 11.4. The lowest BCUT2D eigenvalue weighted by atomic mass is 10.1. The summed E-state index contributed by atoms with van der Waals surface area (Å²) in [6.07, 6.45) is 1.01. The van der Waals surface area contributed by atoms with E-state index in [0.717, 1.165) is 19.5 Å². The fraction of sp³-hybridized carbons (Fsp3) is 0.600. The Kier molecular flexibility index (Phi) is 2.83.